The van der Waals surface area contributed by atoms with Crippen LogP contribution in [0.25, 0.3) is 16.0 Å². The van der Waals surface area contributed by atoms with Gasteiger partial charge in [-0.2, -0.15) is 0 Å². The van der Waals surface area contributed by atoms with Gasteiger partial charge in [-0.1, -0.05) is 24.3 Å². The van der Waals surface area contributed by atoms with Crippen molar-refractivity contribution in [2.75, 3.05) is 6.61 Å². The molecule has 5 rings (SSSR count). The van der Waals surface area contributed by atoms with Crippen molar-refractivity contribution >= 4 is 27.3 Å². The van der Waals surface area contributed by atoms with Crippen molar-refractivity contribution in [3.8, 4) is 0 Å². The van der Waals surface area contributed by atoms with Crippen LogP contribution in [0.4, 0.5) is 0 Å². The average molecular weight is 396 g/mol. The first-order valence-electron chi connectivity index (χ1n) is 9.39. The Balaban J connectivity index is 1.72. The molecule has 144 valence electrons. The van der Waals surface area contributed by atoms with E-state index in [2.05, 4.69) is 5.10 Å². The molecule has 0 aliphatic carbocycles. The van der Waals surface area contributed by atoms with Crippen LogP contribution in [0, 0.1) is 6.92 Å². The topological polar surface area (TPSA) is 70.5 Å². The molecule has 1 saturated heterocycles. The second kappa shape index (κ2) is 6.72. The average Bonchev–Trinajstić information content (AvgIpc) is 3.42. The van der Waals surface area contributed by atoms with Crippen LogP contribution in [-0.4, -0.2) is 31.5 Å². The molecule has 4 aromatic rings. The van der Waals surface area contributed by atoms with Gasteiger partial charge in [-0.15, -0.1) is 16.4 Å². The summed E-state index contributed by atoms with van der Waals surface area (Å²) in [6.07, 6.45) is 1.89. The first-order chi connectivity index (χ1) is 13.6. The van der Waals surface area contributed by atoms with Gasteiger partial charge in [0.05, 0.1) is 24.7 Å². The van der Waals surface area contributed by atoms with Gasteiger partial charge in [-0.3, -0.25) is 9.36 Å². The molecule has 7 nitrogen and oxygen atoms in total. The van der Waals surface area contributed by atoms with Crippen molar-refractivity contribution in [1.29, 1.82) is 0 Å². The van der Waals surface area contributed by atoms with Crippen molar-refractivity contribution in [3.05, 3.63) is 67.7 Å². The zero-order valence-electron chi connectivity index (χ0n) is 15.5. The Bertz CT molecular complexity index is 1290. The lowest BCUT2D eigenvalue weighted by Gasteiger charge is -2.12. The first kappa shape index (κ1) is 17.4. The summed E-state index contributed by atoms with van der Waals surface area (Å²) in [5.74, 6) is 0.380. The zero-order valence-corrected chi connectivity index (χ0v) is 16.3. The molecule has 1 aromatic carbocycles. The molecule has 4 heterocycles. The number of aromatic nitrogens is 4. The summed E-state index contributed by atoms with van der Waals surface area (Å²) in [6.45, 7) is 3.51. The number of fused-ring (bicyclic) bond motifs is 3. The molecule has 0 amide bonds. The molecular weight excluding hydrogens is 376 g/mol. The summed E-state index contributed by atoms with van der Waals surface area (Å²) in [6, 6.07) is 9.74. The number of ether oxygens (including phenoxy) is 1. The summed E-state index contributed by atoms with van der Waals surface area (Å²) in [4.78, 5) is 26.3. The van der Waals surface area contributed by atoms with E-state index in [0.29, 0.717) is 35.7 Å². The zero-order chi connectivity index (χ0) is 19.3. The fourth-order valence-corrected chi connectivity index (χ4v) is 4.67. The van der Waals surface area contributed by atoms with E-state index in [1.807, 2.05) is 42.6 Å². The summed E-state index contributed by atoms with van der Waals surface area (Å²) in [5, 5.41) is 6.40. The lowest BCUT2D eigenvalue weighted by atomic mass is 10.1. The lowest BCUT2D eigenvalue weighted by molar-refractivity contribution is 0.0969. The number of aryl methyl sites for hydroxylation is 1. The van der Waals surface area contributed by atoms with Crippen molar-refractivity contribution < 1.29 is 4.74 Å². The molecule has 0 unspecified atom stereocenters. The van der Waals surface area contributed by atoms with Crippen LogP contribution in [0.3, 0.4) is 0 Å². The van der Waals surface area contributed by atoms with E-state index in [0.717, 1.165) is 24.0 Å². The standard InChI is InChI=1S/C20H20N4O3S/c1-13-5-2-3-6-14(13)11-23-20(26)24-16-8-10-28-17(16)18(25)22(19(24)21-23)12-15-7-4-9-27-15/h2-3,5-6,8,10,15H,4,7,9,11-12H2,1H3/t15-/m0/s1. The Hall–Kier alpha value is -2.71. The van der Waals surface area contributed by atoms with Gasteiger partial charge in [-0.25, -0.2) is 13.9 Å². The van der Waals surface area contributed by atoms with E-state index in [1.54, 1.807) is 8.97 Å². The van der Waals surface area contributed by atoms with Gasteiger partial charge in [-0.05, 0) is 42.3 Å². The highest BCUT2D eigenvalue weighted by Gasteiger charge is 2.23. The number of benzene rings is 1. The highest BCUT2D eigenvalue weighted by Crippen LogP contribution is 2.20. The molecule has 0 spiro atoms. The van der Waals surface area contributed by atoms with Crippen molar-refractivity contribution in [1.82, 2.24) is 18.7 Å². The molecular formula is C20H20N4O3S. The van der Waals surface area contributed by atoms with Crippen LogP contribution < -0.4 is 11.2 Å². The minimum absolute atomic E-state index is 0.0180. The van der Waals surface area contributed by atoms with Crippen LogP contribution in [0.15, 0.2) is 45.3 Å². The molecule has 1 atom stereocenters. The van der Waals surface area contributed by atoms with Crippen LogP contribution in [0.5, 0.6) is 0 Å². The monoisotopic (exact) mass is 396 g/mol. The molecule has 8 heteroatoms. The van der Waals surface area contributed by atoms with Gasteiger partial charge >= 0.3 is 5.69 Å². The number of nitrogens with zero attached hydrogens (tertiary/aromatic N) is 4. The highest BCUT2D eigenvalue weighted by molar-refractivity contribution is 7.17. The van der Waals surface area contributed by atoms with Gasteiger partial charge in [0.15, 0.2) is 0 Å². The molecule has 1 aliphatic rings. The molecule has 1 fully saturated rings. The summed E-state index contributed by atoms with van der Waals surface area (Å²) >= 11 is 1.35. The molecule has 3 aromatic heterocycles. The summed E-state index contributed by atoms with van der Waals surface area (Å²) < 4.78 is 10.9. The summed E-state index contributed by atoms with van der Waals surface area (Å²) in [7, 11) is 0. The number of rotatable bonds is 4. The lowest BCUT2D eigenvalue weighted by Crippen LogP contribution is -2.29. The number of thiophene rings is 1. The third kappa shape index (κ3) is 2.71. The normalized spacial score (nSPS) is 17.1. The Morgan fingerprint density at radius 3 is 2.89 bits per heavy atom. The second-order valence-corrected chi connectivity index (χ2v) is 8.10. The smallest absolute Gasteiger partial charge is 0.352 e. The third-order valence-electron chi connectivity index (χ3n) is 5.38. The third-order valence-corrected chi connectivity index (χ3v) is 6.27. The van der Waals surface area contributed by atoms with Crippen molar-refractivity contribution in [2.45, 2.75) is 39.0 Å². The second-order valence-electron chi connectivity index (χ2n) is 7.19. The van der Waals surface area contributed by atoms with Crippen LogP contribution in [-0.2, 0) is 17.8 Å². The Labute approximate surface area is 164 Å². The number of hydrogen-bond donors (Lipinski definition) is 0. The molecule has 0 saturated carbocycles. The van der Waals surface area contributed by atoms with E-state index >= 15 is 0 Å². The quantitative estimate of drug-likeness (QED) is 0.531. The molecule has 1 aliphatic heterocycles. The minimum atomic E-state index is -0.234. The SMILES string of the molecule is Cc1ccccc1Cn1nc2n(C[C@@H]3CCCO3)c(=O)c3sccc3n2c1=O. The van der Waals surface area contributed by atoms with Gasteiger partial charge in [0.2, 0.25) is 5.78 Å². The van der Waals surface area contributed by atoms with Gasteiger partial charge in [0.1, 0.15) is 4.70 Å². The fourth-order valence-electron chi connectivity index (χ4n) is 3.84. The van der Waals surface area contributed by atoms with Gasteiger partial charge < -0.3 is 4.74 Å². The molecule has 0 radical (unpaired) electrons. The van der Waals surface area contributed by atoms with Crippen molar-refractivity contribution in [3.63, 3.8) is 0 Å². The first-order valence-corrected chi connectivity index (χ1v) is 10.3. The maximum atomic E-state index is 13.2. The maximum Gasteiger partial charge on any atom is 0.352 e. The largest absolute Gasteiger partial charge is 0.376 e. The maximum absolute atomic E-state index is 13.2. The summed E-state index contributed by atoms with van der Waals surface area (Å²) in [5.41, 5.74) is 2.41. The molecule has 0 N–H and O–H groups in total. The van der Waals surface area contributed by atoms with Crippen LogP contribution >= 0.6 is 11.3 Å². The Kier molecular flexibility index (Phi) is 4.17. The van der Waals surface area contributed by atoms with E-state index < -0.39 is 0 Å². The fraction of sp³-hybridized carbons (Fsp3) is 0.350. The van der Waals surface area contributed by atoms with Crippen LogP contribution in [0.1, 0.15) is 24.0 Å². The van der Waals surface area contributed by atoms with Crippen LogP contribution in [0.2, 0.25) is 0 Å². The Morgan fingerprint density at radius 1 is 1.25 bits per heavy atom. The van der Waals surface area contributed by atoms with Gasteiger partial charge in [0.25, 0.3) is 5.56 Å². The molecule has 28 heavy (non-hydrogen) atoms. The van der Waals surface area contributed by atoms with E-state index in [-0.39, 0.29) is 17.4 Å². The minimum Gasteiger partial charge on any atom is -0.376 e. The predicted molar refractivity (Wildman–Crippen MR) is 108 cm³/mol. The van der Waals surface area contributed by atoms with E-state index in [4.69, 9.17) is 4.74 Å². The van der Waals surface area contributed by atoms with E-state index in [1.165, 1.54) is 16.0 Å². The molecule has 0 bridgehead atoms. The predicted octanol–water partition coefficient (Wildman–Crippen LogP) is 2.41. The Morgan fingerprint density at radius 2 is 2.11 bits per heavy atom. The van der Waals surface area contributed by atoms with Gasteiger partial charge in [0, 0.05) is 6.61 Å². The van der Waals surface area contributed by atoms with Crippen molar-refractivity contribution in [2.24, 2.45) is 0 Å². The van der Waals surface area contributed by atoms with E-state index in [9.17, 15) is 9.59 Å². The highest BCUT2D eigenvalue weighted by atomic mass is 32.1. The number of hydrogen-bond acceptors (Lipinski definition) is 5.